The maximum atomic E-state index is 2.61. The van der Waals surface area contributed by atoms with Crippen LogP contribution in [0.25, 0.3) is 0 Å². The van der Waals surface area contributed by atoms with E-state index in [2.05, 4.69) is 217 Å². The number of hydrogen-bond donors (Lipinski definition) is 0. The Morgan fingerprint density at radius 1 is 0.500 bits per heavy atom. The van der Waals surface area contributed by atoms with E-state index in [9.17, 15) is 0 Å². The van der Waals surface area contributed by atoms with Gasteiger partial charge in [0, 0.05) is 0 Å². The summed E-state index contributed by atoms with van der Waals surface area (Å²) in [6, 6.07) is 58.7. The fraction of sp³-hybridized carbons (Fsp3) is 0.125. The van der Waals surface area contributed by atoms with Crippen LogP contribution >= 0.6 is 24.8 Å². The van der Waals surface area contributed by atoms with Gasteiger partial charge in [-0.25, -0.2) is 0 Å². The molecule has 6 heteroatoms. The van der Waals surface area contributed by atoms with Gasteiger partial charge < -0.3 is 0 Å². The molecule has 0 fully saturated rings. The van der Waals surface area contributed by atoms with Gasteiger partial charge in [-0.05, 0) is 0 Å². The number of rotatable bonds is 11. The van der Waals surface area contributed by atoms with Crippen molar-refractivity contribution in [2.24, 2.45) is 0 Å². The van der Waals surface area contributed by atoms with Crippen LogP contribution in [0.1, 0.15) is 24.8 Å². The molecule has 0 bridgehead atoms. The van der Waals surface area contributed by atoms with E-state index >= 15 is 0 Å². The van der Waals surface area contributed by atoms with E-state index in [1.165, 1.54) is 22.8 Å². The van der Waals surface area contributed by atoms with Crippen LogP contribution in [-0.2, 0) is 36.4 Å². The van der Waals surface area contributed by atoms with E-state index in [-0.39, 0.29) is 32.2 Å². The fourth-order valence-corrected chi connectivity index (χ4v) is 51.4. The molecule has 5 aromatic rings. The summed E-state index contributed by atoms with van der Waals surface area (Å²) in [6.07, 6.45) is 24.7. The maximum absolute atomic E-state index is 4.23. The van der Waals surface area contributed by atoms with Gasteiger partial charge >= 0.3 is 322 Å². The number of hydrogen-bond acceptors (Lipinski definition) is 0. The summed E-state index contributed by atoms with van der Waals surface area (Å²) < 4.78 is 8.29. The van der Waals surface area contributed by atoms with Gasteiger partial charge in [-0.15, -0.1) is 24.8 Å². The summed E-state index contributed by atoms with van der Waals surface area (Å²) in [7, 11) is 0.0908. The normalized spacial score (nSPS) is 15.4. The molecule has 275 valence electrons. The second-order valence-corrected chi connectivity index (χ2v) is 50.3. The molecule has 0 amide bonds. The molecule has 8 rings (SSSR count). The average molecular weight is 853 g/mol. The van der Waals surface area contributed by atoms with Crippen LogP contribution < -0.4 is 18.1 Å². The Morgan fingerprint density at radius 2 is 0.889 bits per heavy atom. The molecular formula is C48H53Cl2Si2Ti2. The fourth-order valence-electron chi connectivity index (χ4n) is 9.41. The molecular weight excluding hydrogens is 799 g/mol. The van der Waals surface area contributed by atoms with Gasteiger partial charge in [-0.3, -0.25) is 0 Å². The third-order valence-electron chi connectivity index (χ3n) is 12.0. The first-order valence-corrected chi connectivity index (χ1v) is 35.5. The third-order valence-corrected chi connectivity index (χ3v) is 54.0. The van der Waals surface area contributed by atoms with Crippen LogP contribution in [0.4, 0.5) is 0 Å². The van der Waals surface area contributed by atoms with Gasteiger partial charge in [0.1, 0.15) is 0 Å². The molecule has 0 spiro atoms. The molecule has 0 aliphatic heterocycles. The van der Waals surface area contributed by atoms with Crippen molar-refractivity contribution in [1.82, 2.24) is 0 Å². The topological polar surface area (TPSA) is 0 Å². The zero-order valence-electron chi connectivity index (χ0n) is 31.6. The van der Waals surface area contributed by atoms with Gasteiger partial charge in [0.2, 0.25) is 0 Å². The third kappa shape index (κ3) is 8.10. The standard InChI is InChI=1S/C12H11Si.C7H9Si.2C6H5.3C5H5.2CH3.2ClH.2Ti/c1-3-7-11(8-4-1)13-12-9-5-2-6-10-12;8-6-7-4-2-1-3-5-7;2*1-2-4-6-5-3-1;3*1-2-4-5-3-1;;;;;;/h1-10,13H;1-5H,6,8H2;2*1-5H;3*1-3H,4H2;2*1H3;2*1H;;. The van der Waals surface area contributed by atoms with Crippen LogP contribution in [0, 0.1) is 0 Å². The first-order chi connectivity index (χ1) is 25.5. The van der Waals surface area contributed by atoms with E-state index < -0.39 is 37.1 Å². The first kappa shape index (κ1) is 42.1. The van der Waals surface area contributed by atoms with Crippen LogP contribution in [0.2, 0.25) is 10.5 Å². The molecule has 5 aromatic carbocycles. The van der Waals surface area contributed by atoms with Crippen molar-refractivity contribution in [1.29, 1.82) is 0 Å². The predicted octanol–water partition coefficient (Wildman–Crippen LogP) is 9.76. The van der Waals surface area contributed by atoms with Crippen molar-refractivity contribution in [2.75, 3.05) is 0 Å². The Kier molecular flexibility index (Phi) is 15.0. The van der Waals surface area contributed by atoms with Gasteiger partial charge in [-0.1, -0.05) is 0 Å². The molecule has 54 heavy (non-hydrogen) atoms. The van der Waals surface area contributed by atoms with Crippen LogP contribution in [-0.4, -0.2) is 14.0 Å². The van der Waals surface area contributed by atoms with E-state index in [4.69, 9.17) is 0 Å². The minimum atomic E-state index is -4.23. The minimum absolute atomic E-state index is 0. The number of benzene rings is 5. The van der Waals surface area contributed by atoms with E-state index in [1.807, 2.05) is 3.88 Å². The van der Waals surface area contributed by atoms with Crippen LogP contribution in [0.5, 0.6) is 0 Å². The molecule has 0 N–H and O–H groups in total. The Balaban J connectivity index is 0.000000263. The molecule has 0 nitrogen and oxygen atoms in total. The zero-order valence-corrected chi connectivity index (χ0v) is 38.9. The van der Waals surface area contributed by atoms with Crippen molar-refractivity contribution in [3.05, 3.63) is 224 Å². The average Bonchev–Trinajstić information content (AvgIpc) is 4.05. The van der Waals surface area contributed by atoms with Crippen LogP contribution in [0.3, 0.4) is 0 Å². The van der Waals surface area contributed by atoms with E-state index in [1.54, 1.807) is 21.1 Å². The van der Waals surface area contributed by atoms with Gasteiger partial charge in [0.05, 0.1) is 0 Å². The van der Waals surface area contributed by atoms with E-state index in [0.717, 1.165) is 12.8 Å². The van der Waals surface area contributed by atoms with Gasteiger partial charge in [0.25, 0.3) is 0 Å². The van der Waals surface area contributed by atoms with Crippen molar-refractivity contribution < 1.29 is 30.4 Å². The van der Waals surface area contributed by atoms with Crippen LogP contribution in [0.15, 0.2) is 218 Å². The van der Waals surface area contributed by atoms with Gasteiger partial charge in [-0.2, -0.15) is 0 Å². The molecule has 0 radical (unpaired) electrons. The zero-order chi connectivity index (χ0) is 35.7. The summed E-state index contributed by atoms with van der Waals surface area (Å²) in [5, 5.41) is 8.28. The summed E-state index contributed by atoms with van der Waals surface area (Å²) in [5.41, 5.74) is 1.56. The summed E-state index contributed by atoms with van der Waals surface area (Å²) in [6.45, 7) is -1.92. The second-order valence-electron chi connectivity index (χ2n) is 15.2. The molecule has 3 aliphatic carbocycles. The summed E-state index contributed by atoms with van der Waals surface area (Å²) in [5.74, 6) is 0. The number of allylic oxidation sites excluding steroid dienone is 12. The van der Waals surface area contributed by atoms with Crippen molar-refractivity contribution >= 4 is 57.0 Å². The first-order valence-electron chi connectivity index (χ1n) is 19.0. The van der Waals surface area contributed by atoms with Crippen molar-refractivity contribution in [3.8, 4) is 0 Å². The molecule has 0 saturated heterocycles. The Hall–Kier alpha value is -3.02. The second kappa shape index (κ2) is 19.2. The molecule has 0 unspecified atom stereocenters. The molecule has 0 atom stereocenters. The SMILES string of the molecule is C1=CC[C]([Ti]([C]2=CC=CC2)([c]2ccccc2)([c]2ccccc2)[SiH](c2ccccc2)c2ccccc2)=C1.Cl.Cl.[CH3][Ti]([CH3])([SiH2]Cc1ccccc1)[C]1=CC=CC1. The Bertz CT molecular complexity index is 2030. The molecule has 0 saturated carbocycles. The van der Waals surface area contributed by atoms with Crippen molar-refractivity contribution in [2.45, 2.75) is 35.8 Å². The predicted molar refractivity (Wildman–Crippen MR) is 242 cm³/mol. The summed E-state index contributed by atoms with van der Waals surface area (Å²) >= 11 is -5.76. The van der Waals surface area contributed by atoms with Crippen molar-refractivity contribution in [3.63, 3.8) is 0 Å². The quantitative estimate of drug-likeness (QED) is 0.116. The Labute approximate surface area is 343 Å². The molecule has 0 heterocycles. The van der Waals surface area contributed by atoms with Gasteiger partial charge in [0.15, 0.2) is 0 Å². The molecule has 0 aromatic heterocycles. The van der Waals surface area contributed by atoms with E-state index in [0.29, 0.717) is 0 Å². The summed E-state index contributed by atoms with van der Waals surface area (Å²) in [4.78, 5) is 0. The molecule has 3 aliphatic rings. The monoisotopic (exact) mass is 851 g/mol. The Morgan fingerprint density at radius 3 is 1.28 bits per heavy atom. The number of halogens is 2.